The summed E-state index contributed by atoms with van der Waals surface area (Å²) in [7, 11) is 3.48. The van der Waals surface area contributed by atoms with Gasteiger partial charge in [0, 0.05) is 31.8 Å². The van der Waals surface area contributed by atoms with Gasteiger partial charge in [0.25, 0.3) is 0 Å². The molecule has 1 aromatic carbocycles. The first-order chi connectivity index (χ1) is 11.2. The zero-order chi connectivity index (χ0) is 16.5. The summed E-state index contributed by atoms with van der Waals surface area (Å²) in [5.41, 5.74) is 2.38. The molecule has 0 aliphatic rings. The number of aliphatic imine (C=N–C) groups is 1. The second-order valence-electron chi connectivity index (χ2n) is 5.10. The molecule has 0 aliphatic carbocycles. The Morgan fingerprint density at radius 3 is 2.48 bits per heavy atom. The first-order valence-corrected chi connectivity index (χ1v) is 8.51. The number of thiazole rings is 1. The van der Waals surface area contributed by atoms with Gasteiger partial charge >= 0.3 is 0 Å². The zero-order valence-electron chi connectivity index (χ0n) is 13.9. The molecule has 0 fully saturated rings. The fraction of sp³-hybridized carbons (Fsp3) is 0.412. The second kappa shape index (κ2) is 9.27. The van der Waals surface area contributed by atoms with Crippen LogP contribution in [0.4, 0.5) is 0 Å². The van der Waals surface area contributed by atoms with E-state index in [2.05, 4.69) is 51.8 Å². The van der Waals surface area contributed by atoms with Gasteiger partial charge in [-0.2, -0.15) is 0 Å². The Bertz CT molecular complexity index is 622. The Morgan fingerprint density at radius 2 is 1.87 bits per heavy atom. The van der Waals surface area contributed by atoms with Gasteiger partial charge in [-0.15, -0.1) is 11.3 Å². The molecule has 1 aromatic heterocycles. The van der Waals surface area contributed by atoms with Gasteiger partial charge in [0.1, 0.15) is 5.01 Å². The van der Waals surface area contributed by atoms with Crippen molar-refractivity contribution in [1.29, 1.82) is 0 Å². The van der Waals surface area contributed by atoms with Gasteiger partial charge in [-0.1, -0.05) is 31.2 Å². The van der Waals surface area contributed by atoms with E-state index in [0.717, 1.165) is 23.9 Å². The Kier molecular flexibility index (Phi) is 7.03. The highest BCUT2D eigenvalue weighted by atomic mass is 32.1. The van der Waals surface area contributed by atoms with Crippen LogP contribution in [0.15, 0.2) is 35.5 Å². The summed E-state index contributed by atoms with van der Waals surface area (Å²) in [5, 5.41) is 7.68. The maximum absolute atomic E-state index is 5.12. The van der Waals surface area contributed by atoms with Crippen LogP contribution in [0.2, 0.25) is 0 Å². The number of hydrogen-bond donors (Lipinski definition) is 2. The van der Waals surface area contributed by atoms with Gasteiger partial charge in [-0.05, 0) is 17.5 Å². The largest absolute Gasteiger partial charge is 0.380 e. The van der Waals surface area contributed by atoms with Crippen LogP contribution >= 0.6 is 11.3 Å². The highest BCUT2D eigenvalue weighted by Crippen LogP contribution is 2.12. The molecular formula is C17H24N4OS. The Hall–Kier alpha value is -1.92. The van der Waals surface area contributed by atoms with Crippen LogP contribution in [0.1, 0.15) is 27.9 Å². The number of aryl methyl sites for hydroxylation is 1. The van der Waals surface area contributed by atoms with Crippen molar-refractivity contribution in [2.45, 2.75) is 33.0 Å². The Balaban J connectivity index is 1.80. The molecule has 6 heteroatoms. The highest BCUT2D eigenvalue weighted by Gasteiger charge is 2.03. The van der Waals surface area contributed by atoms with E-state index in [1.807, 2.05) is 6.20 Å². The topological polar surface area (TPSA) is 58.5 Å². The maximum Gasteiger partial charge on any atom is 0.191 e. The smallest absolute Gasteiger partial charge is 0.191 e. The molecule has 2 rings (SSSR count). The van der Waals surface area contributed by atoms with Crippen LogP contribution in [0, 0.1) is 0 Å². The van der Waals surface area contributed by atoms with Gasteiger partial charge in [-0.3, -0.25) is 4.99 Å². The Labute approximate surface area is 141 Å². The number of ether oxygens (including phenoxy) is 1. The van der Waals surface area contributed by atoms with E-state index in [1.165, 1.54) is 16.0 Å². The van der Waals surface area contributed by atoms with Gasteiger partial charge in [0.15, 0.2) is 5.96 Å². The number of rotatable bonds is 7. The number of benzene rings is 1. The quantitative estimate of drug-likeness (QED) is 0.605. The van der Waals surface area contributed by atoms with Crippen molar-refractivity contribution in [1.82, 2.24) is 15.6 Å². The minimum Gasteiger partial charge on any atom is -0.380 e. The summed E-state index contributed by atoms with van der Waals surface area (Å²) in [6.07, 6.45) is 2.98. The summed E-state index contributed by atoms with van der Waals surface area (Å²) >= 11 is 1.74. The summed E-state index contributed by atoms with van der Waals surface area (Å²) in [4.78, 5) is 9.95. The van der Waals surface area contributed by atoms with Crippen LogP contribution in [-0.2, 0) is 30.9 Å². The summed E-state index contributed by atoms with van der Waals surface area (Å²) in [6.45, 7) is 4.20. The van der Waals surface area contributed by atoms with Crippen molar-refractivity contribution in [2.24, 2.45) is 4.99 Å². The molecule has 0 amide bonds. The average Bonchev–Trinajstić information content (AvgIpc) is 3.05. The molecule has 0 radical (unpaired) electrons. The number of nitrogens with zero attached hydrogens (tertiary/aromatic N) is 2. The van der Waals surface area contributed by atoms with E-state index in [-0.39, 0.29) is 0 Å². The molecular weight excluding hydrogens is 308 g/mol. The molecule has 0 bridgehead atoms. The molecule has 0 saturated carbocycles. The van der Waals surface area contributed by atoms with Crippen molar-refractivity contribution >= 4 is 17.3 Å². The van der Waals surface area contributed by atoms with Crippen molar-refractivity contribution in [2.75, 3.05) is 14.2 Å². The third-order valence-electron chi connectivity index (χ3n) is 3.37. The van der Waals surface area contributed by atoms with E-state index < -0.39 is 0 Å². The van der Waals surface area contributed by atoms with Crippen molar-refractivity contribution < 1.29 is 4.74 Å². The van der Waals surface area contributed by atoms with Crippen LogP contribution in [0.3, 0.4) is 0 Å². The molecule has 1 heterocycles. The lowest BCUT2D eigenvalue weighted by atomic mass is 10.1. The van der Waals surface area contributed by atoms with Gasteiger partial charge < -0.3 is 15.4 Å². The lowest BCUT2D eigenvalue weighted by Crippen LogP contribution is -2.36. The van der Waals surface area contributed by atoms with Gasteiger partial charge in [0.05, 0.1) is 13.2 Å². The second-order valence-corrected chi connectivity index (χ2v) is 6.30. The van der Waals surface area contributed by atoms with E-state index >= 15 is 0 Å². The fourth-order valence-electron chi connectivity index (χ4n) is 2.08. The number of methoxy groups -OCH3 is 1. The molecule has 0 atom stereocenters. The van der Waals surface area contributed by atoms with Gasteiger partial charge in [0.2, 0.25) is 0 Å². The van der Waals surface area contributed by atoms with Gasteiger partial charge in [-0.25, -0.2) is 4.98 Å². The van der Waals surface area contributed by atoms with E-state index in [9.17, 15) is 0 Å². The van der Waals surface area contributed by atoms with E-state index in [1.54, 1.807) is 25.5 Å². The lowest BCUT2D eigenvalue weighted by molar-refractivity contribution is 0.185. The molecule has 2 aromatic rings. The highest BCUT2D eigenvalue weighted by molar-refractivity contribution is 7.11. The monoisotopic (exact) mass is 332 g/mol. The molecule has 0 spiro atoms. The summed E-state index contributed by atoms with van der Waals surface area (Å²) in [5.74, 6) is 0.777. The summed E-state index contributed by atoms with van der Waals surface area (Å²) in [6, 6.07) is 8.36. The van der Waals surface area contributed by atoms with Crippen molar-refractivity contribution in [3.63, 3.8) is 0 Å². The molecule has 23 heavy (non-hydrogen) atoms. The average molecular weight is 332 g/mol. The minimum atomic E-state index is 0.643. The van der Waals surface area contributed by atoms with Crippen molar-refractivity contribution in [3.8, 4) is 0 Å². The lowest BCUT2D eigenvalue weighted by Gasteiger charge is -2.11. The molecule has 0 unspecified atom stereocenters. The standard InChI is InChI=1S/C17H24N4OS/c1-4-15-10-19-16(23-15)11-21-17(18-2)20-9-13-5-7-14(8-6-13)12-22-3/h5-8,10H,4,9,11-12H2,1-3H3,(H2,18,20,21). The number of nitrogens with one attached hydrogen (secondary N) is 2. The minimum absolute atomic E-state index is 0.643. The van der Waals surface area contributed by atoms with E-state index in [4.69, 9.17) is 4.74 Å². The van der Waals surface area contributed by atoms with Crippen LogP contribution in [0.25, 0.3) is 0 Å². The summed E-state index contributed by atoms with van der Waals surface area (Å²) < 4.78 is 5.12. The maximum atomic E-state index is 5.12. The van der Waals surface area contributed by atoms with E-state index in [0.29, 0.717) is 13.2 Å². The molecule has 0 saturated heterocycles. The predicted octanol–water partition coefficient (Wildman–Crippen LogP) is 2.72. The molecule has 2 N–H and O–H groups in total. The first kappa shape index (κ1) is 17.4. The zero-order valence-corrected chi connectivity index (χ0v) is 14.7. The number of hydrogen-bond acceptors (Lipinski definition) is 4. The number of aromatic nitrogens is 1. The van der Waals surface area contributed by atoms with Crippen LogP contribution < -0.4 is 10.6 Å². The third-order valence-corrected chi connectivity index (χ3v) is 4.52. The van der Waals surface area contributed by atoms with Crippen LogP contribution in [0.5, 0.6) is 0 Å². The normalized spacial score (nSPS) is 11.5. The van der Waals surface area contributed by atoms with Crippen molar-refractivity contribution in [3.05, 3.63) is 51.5 Å². The molecule has 124 valence electrons. The predicted molar refractivity (Wildman–Crippen MR) is 95.7 cm³/mol. The third kappa shape index (κ3) is 5.65. The molecule has 5 nitrogen and oxygen atoms in total. The number of guanidine groups is 1. The molecule has 0 aliphatic heterocycles. The van der Waals surface area contributed by atoms with Crippen LogP contribution in [-0.4, -0.2) is 25.1 Å². The Morgan fingerprint density at radius 1 is 1.17 bits per heavy atom. The SMILES string of the molecule is CCc1cnc(CNC(=NC)NCc2ccc(COC)cc2)s1. The fourth-order valence-corrected chi connectivity index (χ4v) is 2.88. The first-order valence-electron chi connectivity index (χ1n) is 7.70.